The summed E-state index contributed by atoms with van der Waals surface area (Å²) in [6.45, 7) is 0. The zero-order chi connectivity index (χ0) is 15.1. The maximum Gasteiger partial charge on any atom is 0.307 e. The van der Waals surface area contributed by atoms with Crippen molar-refractivity contribution < 1.29 is 9.53 Å². The molecule has 2 aromatic rings. The van der Waals surface area contributed by atoms with Gasteiger partial charge in [-0.05, 0) is 11.1 Å². The molecule has 0 saturated heterocycles. The van der Waals surface area contributed by atoms with Crippen LogP contribution in [-0.2, 0) is 9.53 Å². The summed E-state index contributed by atoms with van der Waals surface area (Å²) < 4.78 is 5.68. The summed E-state index contributed by atoms with van der Waals surface area (Å²) in [5.41, 5.74) is 2.06. The van der Waals surface area contributed by atoms with Crippen molar-refractivity contribution in [3.05, 3.63) is 71.8 Å². The molecule has 0 aliphatic carbocycles. The molecular weight excluding hydrogens is 396 g/mol. The zero-order valence-corrected chi connectivity index (χ0v) is 14.6. The molecule has 0 fully saturated rings. The second-order valence-corrected chi connectivity index (χ2v) is 6.35. The lowest BCUT2D eigenvalue weighted by molar-refractivity contribution is -0.149. The van der Waals surface area contributed by atoms with Crippen LogP contribution in [0.3, 0.4) is 0 Å². The van der Waals surface area contributed by atoms with E-state index in [1.54, 1.807) is 0 Å². The van der Waals surface area contributed by atoms with Gasteiger partial charge in [-0.3, -0.25) is 4.79 Å². The maximum absolute atomic E-state index is 11.9. The van der Waals surface area contributed by atoms with Gasteiger partial charge in [-0.25, -0.2) is 0 Å². The number of hydrogen-bond donors (Lipinski definition) is 0. The molecule has 0 radical (unpaired) electrons. The number of carbonyl (C=O) groups is 1. The van der Waals surface area contributed by atoms with Gasteiger partial charge in [0.15, 0.2) is 0 Å². The Bertz CT molecular complexity index is 558. The van der Waals surface area contributed by atoms with Crippen molar-refractivity contribution in [3.63, 3.8) is 0 Å². The van der Waals surface area contributed by atoms with Crippen LogP contribution in [0, 0.1) is 0 Å². The number of carbonyl (C=O) groups excluding carboxylic acids is 1. The van der Waals surface area contributed by atoms with Gasteiger partial charge in [-0.2, -0.15) is 0 Å². The molecule has 0 spiro atoms. The molecule has 2 aromatic carbocycles. The molecule has 21 heavy (non-hydrogen) atoms. The fourth-order valence-corrected chi connectivity index (χ4v) is 3.07. The van der Waals surface area contributed by atoms with Crippen LogP contribution in [0.25, 0.3) is 0 Å². The van der Waals surface area contributed by atoms with Crippen molar-refractivity contribution in [3.8, 4) is 0 Å². The van der Waals surface area contributed by atoms with Crippen LogP contribution in [0.15, 0.2) is 60.7 Å². The molecule has 2 atom stereocenters. The van der Waals surface area contributed by atoms with Crippen LogP contribution in [0.1, 0.15) is 28.5 Å². The summed E-state index contributed by atoms with van der Waals surface area (Å²) in [4.78, 5) is 11.8. The standard InChI is InChI=1S/C17H16Br2O2/c18-12-11-15(20)21-17(14-9-5-2-6-10-14)16(19)13-7-3-1-4-8-13/h1-10,16-17H,11-12H2. The van der Waals surface area contributed by atoms with Crippen molar-refractivity contribution in [2.45, 2.75) is 17.4 Å². The van der Waals surface area contributed by atoms with E-state index in [1.165, 1.54) is 0 Å². The molecule has 0 heterocycles. The average molecular weight is 412 g/mol. The lowest BCUT2D eigenvalue weighted by atomic mass is 10.0. The predicted octanol–water partition coefficient (Wildman–Crippen LogP) is 5.19. The Morgan fingerprint density at radius 3 is 2.00 bits per heavy atom. The molecule has 0 aliphatic rings. The Labute approximate surface area is 141 Å². The van der Waals surface area contributed by atoms with Gasteiger partial charge in [-0.15, -0.1) is 0 Å². The normalized spacial score (nSPS) is 13.4. The topological polar surface area (TPSA) is 26.3 Å². The third-order valence-electron chi connectivity index (χ3n) is 3.07. The third-order valence-corrected chi connectivity index (χ3v) is 4.47. The smallest absolute Gasteiger partial charge is 0.307 e. The number of benzene rings is 2. The lowest BCUT2D eigenvalue weighted by Gasteiger charge is -2.23. The summed E-state index contributed by atoms with van der Waals surface area (Å²) in [6, 6.07) is 19.8. The van der Waals surface area contributed by atoms with Gasteiger partial charge in [0.1, 0.15) is 6.10 Å². The number of hydrogen-bond acceptors (Lipinski definition) is 2. The molecule has 0 aromatic heterocycles. The van der Waals surface area contributed by atoms with E-state index in [0.29, 0.717) is 11.8 Å². The molecule has 0 bridgehead atoms. The average Bonchev–Trinajstić information content (AvgIpc) is 2.54. The molecule has 4 heteroatoms. The number of rotatable bonds is 6. The summed E-state index contributed by atoms with van der Waals surface area (Å²) >= 11 is 6.95. The predicted molar refractivity (Wildman–Crippen MR) is 91.8 cm³/mol. The van der Waals surface area contributed by atoms with Crippen molar-refractivity contribution in [2.75, 3.05) is 5.33 Å². The number of ether oxygens (including phenoxy) is 1. The Morgan fingerprint density at radius 2 is 1.48 bits per heavy atom. The molecule has 2 nitrogen and oxygen atoms in total. The van der Waals surface area contributed by atoms with E-state index in [-0.39, 0.29) is 16.9 Å². The van der Waals surface area contributed by atoms with E-state index in [2.05, 4.69) is 31.9 Å². The van der Waals surface area contributed by atoms with Gasteiger partial charge < -0.3 is 4.74 Å². The minimum atomic E-state index is -0.347. The number of alkyl halides is 2. The first kappa shape index (κ1) is 16.2. The van der Waals surface area contributed by atoms with Crippen molar-refractivity contribution in [2.24, 2.45) is 0 Å². The lowest BCUT2D eigenvalue weighted by Crippen LogP contribution is -2.15. The first-order valence-corrected chi connectivity index (χ1v) is 8.75. The Balaban J connectivity index is 2.25. The molecule has 110 valence electrons. The highest BCUT2D eigenvalue weighted by Crippen LogP contribution is 2.39. The molecule has 0 N–H and O–H groups in total. The van der Waals surface area contributed by atoms with Crippen LogP contribution in [0.5, 0.6) is 0 Å². The fraction of sp³-hybridized carbons (Fsp3) is 0.235. The van der Waals surface area contributed by atoms with Crippen molar-refractivity contribution in [1.82, 2.24) is 0 Å². The quantitative estimate of drug-likeness (QED) is 0.482. The monoisotopic (exact) mass is 410 g/mol. The minimum absolute atomic E-state index is 0.0830. The molecule has 0 amide bonds. The second kappa shape index (κ2) is 8.35. The van der Waals surface area contributed by atoms with Gasteiger partial charge in [0.05, 0.1) is 11.2 Å². The molecule has 0 saturated carbocycles. The van der Waals surface area contributed by atoms with Crippen molar-refractivity contribution >= 4 is 37.8 Å². The van der Waals surface area contributed by atoms with Crippen LogP contribution < -0.4 is 0 Å². The molecule has 2 unspecified atom stereocenters. The Hall–Kier alpha value is -1.13. The highest BCUT2D eigenvalue weighted by Gasteiger charge is 2.25. The number of esters is 1. The highest BCUT2D eigenvalue weighted by atomic mass is 79.9. The molecule has 2 rings (SSSR count). The van der Waals surface area contributed by atoms with Crippen LogP contribution in [-0.4, -0.2) is 11.3 Å². The summed E-state index contributed by atoms with van der Waals surface area (Å²) in [7, 11) is 0. The fourth-order valence-electron chi connectivity index (χ4n) is 2.03. The largest absolute Gasteiger partial charge is 0.456 e. The summed E-state index contributed by atoms with van der Waals surface area (Å²) in [5, 5.41) is 0.603. The maximum atomic E-state index is 11.9. The number of halogens is 2. The minimum Gasteiger partial charge on any atom is -0.456 e. The summed E-state index contributed by atoms with van der Waals surface area (Å²) in [5.74, 6) is -0.207. The van der Waals surface area contributed by atoms with E-state index in [0.717, 1.165) is 11.1 Å². The van der Waals surface area contributed by atoms with Gasteiger partial charge in [0, 0.05) is 5.33 Å². The Morgan fingerprint density at radius 1 is 0.952 bits per heavy atom. The van der Waals surface area contributed by atoms with Gasteiger partial charge in [0.2, 0.25) is 0 Å². The molecule has 0 aliphatic heterocycles. The van der Waals surface area contributed by atoms with Crippen LogP contribution in [0.2, 0.25) is 0 Å². The zero-order valence-electron chi connectivity index (χ0n) is 11.4. The van der Waals surface area contributed by atoms with E-state index < -0.39 is 0 Å². The first-order valence-electron chi connectivity index (χ1n) is 6.72. The van der Waals surface area contributed by atoms with Crippen LogP contribution >= 0.6 is 31.9 Å². The van der Waals surface area contributed by atoms with Gasteiger partial charge in [-0.1, -0.05) is 92.5 Å². The second-order valence-electron chi connectivity index (χ2n) is 4.57. The van der Waals surface area contributed by atoms with Crippen LogP contribution in [0.4, 0.5) is 0 Å². The van der Waals surface area contributed by atoms with Crippen molar-refractivity contribution in [1.29, 1.82) is 0 Å². The van der Waals surface area contributed by atoms with Gasteiger partial charge >= 0.3 is 5.97 Å². The molecular formula is C17H16Br2O2. The summed E-state index contributed by atoms with van der Waals surface area (Å²) in [6.07, 6.45) is 0.0119. The van der Waals surface area contributed by atoms with E-state index in [1.807, 2.05) is 60.7 Å². The SMILES string of the molecule is O=C(CCBr)OC(c1ccccc1)C(Br)c1ccccc1. The highest BCUT2D eigenvalue weighted by molar-refractivity contribution is 9.09. The third kappa shape index (κ3) is 4.68. The van der Waals surface area contributed by atoms with E-state index >= 15 is 0 Å². The van der Waals surface area contributed by atoms with Gasteiger partial charge in [0.25, 0.3) is 0 Å². The van der Waals surface area contributed by atoms with E-state index in [9.17, 15) is 4.79 Å². The van der Waals surface area contributed by atoms with E-state index in [4.69, 9.17) is 4.74 Å². The first-order chi connectivity index (χ1) is 10.2. The Kier molecular flexibility index (Phi) is 6.46.